The largest absolute Gasteiger partial charge is 0.255 e. The Balaban J connectivity index is 0.000000154. The molecule has 6 heterocycles. The molecule has 8 heteroatoms. The maximum Gasteiger partial charge on any atom is 0.0886 e. The molecule has 0 spiro atoms. The fraction of sp³-hybridized carbons (Fsp3) is 0.171. The molecule has 0 amide bonds. The molecular weight excluding hydrogens is 620 g/mol. The minimum absolute atomic E-state index is 0.0357. The van der Waals surface area contributed by atoms with Crippen LogP contribution in [-0.4, -0.2) is 43.4 Å². The fourth-order valence-corrected chi connectivity index (χ4v) is 4.88. The summed E-state index contributed by atoms with van der Waals surface area (Å²) in [4.78, 5) is 23.3. The first-order valence-electron chi connectivity index (χ1n) is 14.2. The Labute approximate surface area is 264 Å². The molecule has 0 aliphatic carbocycles. The van der Waals surface area contributed by atoms with Crippen molar-refractivity contribution in [3.63, 3.8) is 0 Å². The molecule has 0 bridgehead atoms. The van der Waals surface area contributed by atoms with E-state index in [-0.39, 0.29) is 4.01 Å². The Morgan fingerprint density at radius 3 is 1.35 bits per heavy atom. The van der Waals surface area contributed by atoms with Crippen LogP contribution in [0.3, 0.4) is 0 Å². The van der Waals surface area contributed by atoms with Gasteiger partial charge in [0.2, 0.25) is 0 Å². The number of hydrogen-bond donors (Lipinski definition) is 1. The van der Waals surface area contributed by atoms with Gasteiger partial charge in [-0.05, 0) is 48.5 Å². The monoisotopic (exact) mass is 656 g/mol. The molecule has 0 saturated carbocycles. The third-order valence-electron chi connectivity index (χ3n) is 6.44. The van der Waals surface area contributed by atoms with Crippen molar-refractivity contribution in [2.75, 3.05) is 13.6 Å². The van der Waals surface area contributed by atoms with Crippen LogP contribution in [0.2, 0.25) is 4.01 Å². The first kappa shape index (κ1) is 31.5. The number of pyridine rings is 5. The molecule has 43 heavy (non-hydrogen) atoms. The summed E-state index contributed by atoms with van der Waals surface area (Å²) in [6.07, 6.45) is 18.9. The van der Waals surface area contributed by atoms with Gasteiger partial charge in [-0.2, -0.15) is 0 Å². The summed E-state index contributed by atoms with van der Waals surface area (Å²) in [5.41, 5.74) is 11.4. The maximum atomic E-state index is 5.57. The van der Waals surface area contributed by atoms with Gasteiger partial charge < -0.3 is 0 Å². The predicted molar refractivity (Wildman–Crippen MR) is 170 cm³/mol. The van der Waals surface area contributed by atoms with Crippen molar-refractivity contribution < 1.29 is 18.3 Å². The molecule has 1 aliphatic heterocycles. The molecule has 5 aromatic heterocycles. The van der Waals surface area contributed by atoms with E-state index in [0.29, 0.717) is 0 Å². The summed E-state index contributed by atoms with van der Waals surface area (Å²) >= 11 is 2.86. The summed E-state index contributed by atoms with van der Waals surface area (Å²) in [6, 6.07) is 29.2. The van der Waals surface area contributed by atoms with Crippen molar-refractivity contribution in [1.82, 2.24) is 29.8 Å². The molecule has 219 valence electrons. The van der Waals surface area contributed by atoms with Gasteiger partial charge in [0, 0.05) is 24.8 Å². The molecule has 6 rings (SSSR count). The Morgan fingerprint density at radius 2 is 1.00 bits per heavy atom. The third kappa shape index (κ3) is 10.1. The number of hydrogen-bond acceptors (Lipinski definition) is 7. The van der Waals surface area contributed by atoms with Gasteiger partial charge in [-0.3, -0.25) is 19.9 Å². The van der Waals surface area contributed by atoms with Crippen molar-refractivity contribution in [2.45, 2.75) is 23.3 Å². The summed E-state index contributed by atoms with van der Waals surface area (Å²) in [5.74, 6) is 0. The summed E-state index contributed by atoms with van der Waals surface area (Å²) in [5, 5.41) is 0. The molecule has 5 aromatic rings. The van der Waals surface area contributed by atoms with E-state index in [0.717, 1.165) is 60.0 Å². The van der Waals surface area contributed by atoms with Gasteiger partial charge in [-0.25, -0.2) is 0 Å². The summed E-state index contributed by atoms with van der Waals surface area (Å²) in [6.45, 7) is 0.767. The molecule has 2 N–H and O–H groups in total. The SMILES string of the molecule is CN1C=C[C]([Ru])(CCCCN)C=C1c1ccccn1.c1ccc(-c2ccccn2)nc1.c1ccc(-c2ccccn2)nc1. The molecule has 1 atom stereocenters. The fourth-order valence-electron chi connectivity index (χ4n) is 4.21. The first-order valence-corrected chi connectivity index (χ1v) is 15.0. The first-order chi connectivity index (χ1) is 21.1. The van der Waals surface area contributed by atoms with Gasteiger partial charge in [0.1, 0.15) is 0 Å². The van der Waals surface area contributed by atoms with E-state index >= 15 is 0 Å². The van der Waals surface area contributed by atoms with Crippen molar-refractivity contribution in [3.8, 4) is 22.8 Å². The minimum atomic E-state index is 0.0357. The van der Waals surface area contributed by atoms with Crippen LogP contribution in [0.1, 0.15) is 25.0 Å². The second kappa shape index (κ2) is 16.9. The van der Waals surface area contributed by atoms with Gasteiger partial charge in [0.05, 0.1) is 22.8 Å². The van der Waals surface area contributed by atoms with Crippen molar-refractivity contribution >= 4 is 5.70 Å². The van der Waals surface area contributed by atoms with Crippen LogP contribution in [0.15, 0.2) is 140 Å². The van der Waals surface area contributed by atoms with Crippen LogP contribution in [0, 0.1) is 0 Å². The average molecular weight is 656 g/mol. The van der Waals surface area contributed by atoms with Crippen molar-refractivity contribution in [3.05, 3.63) is 146 Å². The number of unbranched alkanes of at least 4 members (excludes halogenated alkanes) is 1. The van der Waals surface area contributed by atoms with Crippen LogP contribution in [-0.2, 0) is 18.3 Å². The molecule has 1 unspecified atom stereocenters. The van der Waals surface area contributed by atoms with Gasteiger partial charge in [-0.15, -0.1) is 0 Å². The summed E-state index contributed by atoms with van der Waals surface area (Å²) in [7, 11) is 2.06. The molecule has 0 aromatic carbocycles. The molecular formula is C35H36N7Ru. The van der Waals surface area contributed by atoms with E-state index in [9.17, 15) is 0 Å². The van der Waals surface area contributed by atoms with Gasteiger partial charge >= 0.3 is 125 Å². The smallest absolute Gasteiger partial charge is 0.0886 e. The zero-order valence-corrected chi connectivity index (χ0v) is 26.0. The van der Waals surface area contributed by atoms with Crippen molar-refractivity contribution in [1.29, 1.82) is 0 Å². The number of aromatic nitrogens is 5. The van der Waals surface area contributed by atoms with Crippen molar-refractivity contribution in [2.24, 2.45) is 5.73 Å². The van der Waals surface area contributed by atoms with E-state index in [4.69, 9.17) is 5.73 Å². The normalized spacial score (nSPS) is 15.3. The minimum Gasteiger partial charge on any atom is -0.255 e. The van der Waals surface area contributed by atoms with E-state index in [1.165, 1.54) is 0 Å². The number of rotatable bonds is 7. The van der Waals surface area contributed by atoms with E-state index < -0.39 is 0 Å². The van der Waals surface area contributed by atoms with E-state index in [1.807, 2.05) is 97.2 Å². The zero-order valence-electron chi connectivity index (χ0n) is 24.2. The Morgan fingerprint density at radius 1 is 0.605 bits per heavy atom. The van der Waals surface area contributed by atoms with Crippen LogP contribution in [0.25, 0.3) is 28.5 Å². The number of nitrogens with zero attached hydrogens (tertiary/aromatic N) is 6. The predicted octanol–water partition coefficient (Wildman–Crippen LogP) is 7.00. The maximum absolute atomic E-state index is 5.57. The van der Waals surface area contributed by atoms with Gasteiger partial charge in [-0.1, -0.05) is 24.3 Å². The molecule has 0 radical (unpaired) electrons. The number of allylic oxidation sites excluding steroid dienone is 2. The topological polar surface area (TPSA) is 93.7 Å². The molecule has 1 aliphatic rings. The molecule has 7 nitrogen and oxygen atoms in total. The van der Waals surface area contributed by atoms with E-state index in [1.54, 1.807) is 24.8 Å². The Hall–Kier alpha value is -4.39. The van der Waals surface area contributed by atoms with E-state index in [2.05, 4.69) is 73.5 Å². The molecule has 0 fully saturated rings. The number of nitrogens with two attached hydrogens (primary N) is 1. The van der Waals surface area contributed by atoms with Crippen LogP contribution < -0.4 is 5.73 Å². The Kier molecular flexibility index (Phi) is 12.4. The van der Waals surface area contributed by atoms with Gasteiger partial charge in [0.15, 0.2) is 0 Å². The zero-order chi connectivity index (χ0) is 30.2. The Bertz CT molecular complexity index is 1380. The third-order valence-corrected chi connectivity index (χ3v) is 7.42. The second-order valence-corrected chi connectivity index (χ2v) is 11.3. The van der Waals surface area contributed by atoms with Crippen LogP contribution in [0.4, 0.5) is 0 Å². The second-order valence-electron chi connectivity index (χ2n) is 9.68. The quantitative estimate of drug-likeness (QED) is 0.149. The summed E-state index contributed by atoms with van der Waals surface area (Å²) < 4.78 is 0.0357. The van der Waals surface area contributed by atoms with Crippen LogP contribution >= 0.6 is 0 Å². The molecule has 0 saturated heterocycles. The average Bonchev–Trinajstić information content (AvgIpc) is 3.09. The van der Waals surface area contributed by atoms with Crippen LogP contribution in [0.5, 0.6) is 0 Å². The van der Waals surface area contributed by atoms with Gasteiger partial charge in [0.25, 0.3) is 0 Å². The standard InChI is InChI=1S/C15H20N3.2C10H8N2.Ru/c1-18-11-8-13(6-2-4-9-16)12-15(18)14-7-3-5-10-17-14;2*1-3-7-11-9(5-1)10-6-2-4-8-12-10;/h3,5,7-8,10-12H,2,4,6,9,16H2,1H3;2*1-8H;.